The predicted octanol–water partition coefficient (Wildman–Crippen LogP) is 1.61. The van der Waals surface area contributed by atoms with Crippen LogP contribution in [0.25, 0.3) is 0 Å². The van der Waals surface area contributed by atoms with Crippen molar-refractivity contribution in [2.45, 2.75) is 32.4 Å². The van der Waals surface area contributed by atoms with Crippen molar-refractivity contribution in [3.05, 3.63) is 33.8 Å². The Morgan fingerprint density at radius 2 is 2.32 bits per heavy atom. The maximum atomic E-state index is 11.1. The van der Waals surface area contributed by atoms with Gasteiger partial charge in [0.25, 0.3) is 0 Å². The van der Waals surface area contributed by atoms with Crippen molar-refractivity contribution in [1.82, 2.24) is 5.48 Å². The van der Waals surface area contributed by atoms with Gasteiger partial charge < -0.3 is 10.5 Å². The second-order valence-electron chi connectivity index (χ2n) is 4.18. The minimum atomic E-state index is -0.652. The van der Waals surface area contributed by atoms with Crippen molar-refractivity contribution >= 4 is 28.1 Å². The SMILES string of the molecule is Cc1cc(Br)ccc1CONC(CCC=O)C(N)=O. The van der Waals surface area contributed by atoms with E-state index in [1.807, 2.05) is 25.1 Å². The van der Waals surface area contributed by atoms with Gasteiger partial charge in [-0.25, -0.2) is 0 Å². The van der Waals surface area contributed by atoms with E-state index in [9.17, 15) is 9.59 Å². The van der Waals surface area contributed by atoms with Gasteiger partial charge >= 0.3 is 0 Å². The molecule has 1 unspecified atom stereocenters. The molecule has 6 heteroatoms. The number of carbonyl (C=O) groups excluding carboxylic acids is 2. The zero-order valence-corrected chi connectivity index (χ0v) is 12.3. The normalized spacial score (nSPS) is 12.1. The van der Waals surface area contributed by atoms with Crippen LogP contribution in [-0.2, 0) is 21.0 Å². The van der Waals surface area contributed by atoms with Gasteiger partial charge in [0.2, 0.25) is 5.91 Å². The molecule has 104 valence electrons. The van der Waals surface area contributed by atoms with Crippen LogP contribution in [0.3, 0.4) is 0 Å². The zero-order chi connectivity index (χ0) is 14.3. The highest BCUT2D eigenvalue weighted by Crippen LogP contribution is 2.16. The fraction of sp³-hybridized carbons (Fsp3) is 0.385. The van der Waals surface area contributed by atoms with Crippen LogP contribution in [0.1, 0.15) is 24.0 Å². The number of amides is 1. The Labute approximate surface area is 120 Å². The van der Waals surface area contributed by atoms with Crippen molar-refractivity contribution in [1.29, 1.82) is 0 Å². The first kappa shape index (κ1) is 15.8. The quantitative estimate of drug-likeness (QED) is 0.561. The summed E-state index contributed by atoms with van der Waals surface area (Å²) in [5.74, 6) is -0.533. The summed E-state index contributed by atoms with van der Waals surface area (Å²) in [4.78, 5) is 26.7. The Morgan fingerprint density at radius 1 is 1.58 bits per heavy atom. The molecule has 0 aliphatic carbocycles. The monoisotopic (exact) mass is 328 g/mol. The number of hydrogen-bond donors (Lipinski definition) is 2. The van der Waals surface area contributed by atoms with E-state index in [2.05, 4.69) is 21.4 Å². The molecule has 0 aliphatic rings. The first-order chi connectivity index (χ1) is 9.04. The van der Waals surface area contributed by atoms with Crippen LogP contribution in [0.15, 0.2) is 22.7 Å². The van der Waals surface area contributed by atoms with Crippen LogP contribution in [-0.4, -0.2) is 18.2 Å². The average molecular weight is 329 g/mol. The maximum absolute atomic E-state index is 11.1. The molecule has 1 rings (SSSR count). The molecule has 0 radical (unpaired) electrons. The van der Waals surface area contributed by atoms with E-state index in [0.717, 1.165) is 21.9 Å². The Hall–Kier alpha value is -1.24. The molecule has 19 heavy (non-hydrogen) atoms. The number of rotatable bonds is 8. The molecule has 3 N–H and O–H groups in total. The smallest absolute Gasteiger partial charge is 0.236 e. The first-order valence-electron chi connectivity index (χ1n) is 5.90. The topological polar surface area (TPSA) is 81.4 Å². The van der Waals surface area contributed by atoms with Crippen molar-refractivity contribution in [3.63, 3.8) is 0 Å². The minimum Gasteiger partial charge on any atom is -0.368 e. The minimum absolute atomic E-state index is 0.265. The van der Waals surface area contributed by atoms with Crippen molar-refractivity contribution in [2.24, 2.45) is 5.73 Å². The van der Waals surface area contributed by atoms with Gasteiger partial charge in [0.1, 0.15) is 12.3 Å². The third-order valence-electron chi connectivity index (χ3n) is 2.67. The Kier molecular flexibility index (Phi) is 6.69. The number of aldehydes is 1. The molecule has 0 saturated heterocycles. The third kappa shape index (κ3) is 5.50. The summed E-state index contributed by atoms with van der Waals surface area (Å²) < 4.78 is 1.00. The molecule has 1 aromatic carbocycles. The zero-order valence-electron chi connectivity index (χ0n) is 10.7. The van der Waals surface area contributed by atoms with Gasteiger partial charge in [0.05, 0.1) is 6.61 Å². The van der Waals surface area contributed by atoms with Crippen molar-refractivity contribution in [3.8, 4) is 0 Å². The molecule has 0 fully saturated rings. The van der Waals surface area contributed by atoms with Gasteiger partial charge in [-0.05, 0) is 36.6 Å². The van der Waals surface area contributed by atoms with Gasteiger partial charge in [0, 0.05) is 10.9 Å². The predicted molar refractivity (Wildman–Crippen MR) is 75.1 cm³/mol. The van der Waals surface area contributed by atoms with Gasteiger partial charge in [0.15, 0.2) is 0 Å². The molecule has 0 heterocycles. The lowest BCUT2D eigenvalue weighted by molar-refractivity contribution is -0.125. The van der Waals surface area contributed by atoms with E-state index in [4.69, 9.17) is 10.6 Å². The van der Waals surface area contributed by atoms with Crippen LogP contribution in [0, 0.1) is 6.92 Å². The van der Waals surface area contributed by atoms with Crippen molar-refractivity contribution in [2.75, 3.05) is 0 Å². The van der Waals surface area contributed by atoms with E-state index in [1.165, 1.54) is 0 Å². The summed E-state index contributed by atoms with van der Waals surface area (Å²) in [5, 5.41) is 0. The molecule has 1 atom stereocenters. The number of primary amides is 1. The number of carbonyl (C=O) groups is 2. The maximum Gasteiger partial charge on any atom is 0.236 e. The fourth-order valence-corrected chi connectivity index (χ4v) is 2.01. The van der Waals surface area contributed by atoms with Crippen LogP contribution < -0.4 is 11.2 Å². The number of hydroxylamine groups is 1. The van der Waals surface area contributed by atoms with Gasteiger partial charge in [-0.15, -0.1) is 0 Å². The van der Waals surface area contributed by atoms with Crippen LogP contribution in [0.2, 0.25) is 0 Å². The molecular formula is C13H17BrN2O3. The van der Waals surface area contributed by atoms with E-state index in [-0.39, 0.29) is 6.42 Å². The van der Waals surface area contributed by atoms with Crippen LogP contribution >= 0.6 is 15.9 Å². The number of benzene rings is 1. The standard InChI is InChI=1S/C13H17BrN2O3/c1-9-7-11(14)5-4-10(9)8-19-16-12(13(15)18)3-2-6-17/h4-7,12,16H,2-3,8H2,1H3,(H2,15,18). The molecule has 1 aromatic rings. The summed E-state index contributed by atoms with van der Waals surface area (Å²) in [6.07, 6.45) is 1.34. The number of aryl methyl sites for hydroxylation is 1. The highest BCUT2D eigenvalue weighted by atomic mass is 79.9. The summed E-state index contributed by atoms with van der Waals surface area (Å²) >= 11 is 3.38. The van der Waals surface area contributed by atoms with E-state index < -0.39 is 11.9 Å². The Bertz CT molecular complexity index is 452. The third-order valence-corrected chi connectivity index (χ3v) is 3.17. The second kappa shape index (κ2) is 8.04. The highest BCUT2D eigenvalue weighted by molar-refractivity contribution is 9.10. The molecule has 1 amide bonds. The summed E-state index contributed by atoms with van der Waals surface area (Å²) in [6.45, 7) is 2.30. The van der Waals surface area contributed by atoms with E-state index in [0.29, 0.717) is 13.0 Å². The Morgan fingerprint density at radius 3 is 2.89 bits per heavy atom. The van der Waals surface area contributed by atoms with Crippen molar-refractivity contribution < 1.29 is 14.4 Å². The van der Waals surface area contributed by atoms with E-state index in [1.54, 1.807) is 0 Å². The fourth-order valence-electron chi connectivity index (χ4n) is 1.54. The Balaban J connectivity index is 2.47. The molecule has 0 aliphatic heterocycles. The summed E-state index contributed by atoms with van der Waals surface area (Å²) in [7, 11) is 0. The van der Waals surface area contributed by atoms with Crippen LogP contribution in [0.4, 0.5) is 0 Å². The summed E-state index contributed by atoms with van der Waals surface area (Å²) in [5.41, 5.74) is 9.89. The first-order valence-corrected chi connectivity index (χ1v) is 6.69. The van der Waals surface area contributed by atoms with Gasteiger partial charge in [-0.3, -0.25) is 9.63 Å². The molecule has 0 spiro atoms. The second-order valence-corrected chi connectivity index (χ2v) is 5.09. The lowest BCUT2D eigenvalue weighted by Crippen LogP contribution is -2.41. The van der Waals surface area contributed by atoms with Gasteiger partial charge in [-0.2, -0.15) is 5.48 Å². The number of nitrogens with two attached hydrogens (primary N) is 1. The molecular weight excluding hydrogens is 312 g/mol. The lowest BCUT2D eigenvalue weighted by Gasteiger charge is -2.14. The average Bonchev–Trinajstić information content (AvgIpc) is 2.35. The highest BCUT2D eigenvalue weighted by Gasteiger charge is 2.14. The molecule has 0 aromatic heterocycles. The molecule has 0 bridgehead atoms. The number of hydrogen-bond acceptors (Lipinski definition) is 4. The lowest BCUT2D eigenvalue weighted by atomic mass is 10.1. The molecule has 5 nitrogen and oxygen atoms in total. The van der Waals surface area contributed by atoms with Crippen LogP contribution in [0.5, 0.6) is 0 Å². The largest absolute Gasteiger partial charge is 0.368 e. The van der Waals surface area contributed by atoms with Gasteiger partial charge in [-0.1, -0.05) is 22.0 Å². The van der Waals surface area contributed by atoms with E-state index >= 15 is 0 Å². The number of halogens is 1. The number of nitrogens with one attached hydrogen (secondary N) is 1. The summed E-state index contributed by atoms with van der Waals surface area (Å²) in [6, 6.07) is 5.19. The molecule has 0 saturated carbocycles.